The Morgan fingerprint density at radius 1 is 1.07 bits per heavy atom. The summed E-state index contributed by atoms with van der Waals surface area (Å²) < 4.78 is 34.8. The summed E-state index contributed by atoms with van der Waals surface area (Å²) in [4.78, 5) is 0.357. The highest BCUT2D eigenvalue weighted by atomic mass is 32.2. The summed E-state index contributed by atoms with van der Waals surface area (Å²) in [6, 6.07) is 9.35. The van der Waals surface area contributed by atoms with Crippen LogP contribution in [0.3, 0.4) is 0 Å². The lowest BCUT2D eigenvalue weighted by Gasteiger charge is -2.17. The number of rotatable bonds is 3. The molecule has 27 heavy (non-hydrogen) atoms. The number of anilines is 1. The van der Waals surface area contributed by atoms with E-state index in [-0.39, 0.29) is 0 Å². The van der Waals surface area contributed by atoms with E-state index >= 15 is 0 Å². The van der Waals surface area contributed by atoms with Gasteiger partial charge in [-0.05, 0) is 68.9 Å². The second-order valence-electron chi connectivity index (χ2n) is 7.90. The number of hydrogen-bond acceptors (Lipinski definition) is 3. The van der Waals surface area contributed by atoms with Crippen LogP contribution in [0.4, 0.5) is 5.69 Å². The molecule has 0 unspecified atom stereocenters. The molecule has 0 radical (unpaired) electrons. The number of fused-ring (bicyclic) bond motifs is 3. The van der Waals surface area contributed by atoms with E-state index in [0.717, 1.165) is 52.7 Å². The quantitative estimate of drug-likeness (QED) is 0.669. The van der Waals surface area contributed by atoms with E-state index in [2.05, 4.69) is 11.6 Å². The van der Waals surface area contributed by atoms with Crippen LogP contribution >= 0.6 is 0 Å². The van der Waals surface area contributed by atoms with Crippen molar-refractivity contribution in [1.82, 2.24) is 0 Å². The number of aryl methyl sites for hydroxylation is 4. The highest BCUT2D eigenvalue weighted by molar-refractivity contribution is 7.92. The minimum atomic E-state index is -3.66. The molecule has 1 aliphatic carbocycles. The summed E-state index contributed by atoms with van der Waals surface area (Å²) >= 11 is 0. The highest BCUT2D eigenvalue weighted by Crippen LogP contribution is 2.36. The van der Waals surface area contributed by atoms with E-state index in [1.807, 2.05) is 45.0 Å². The van der Waals surface area contributed by atoms with Gasteiger partial charge in [0.2, 0.25) is 0 Å². The molecule has 3 aromatic rings. The number of benzene rings is 2. The predicted octanol–water partition coefficient (Wildman–Crippen LogP) is 5.28. The lowest BCUT2D eigenvalue weighted by molar-refractivity contribution is 0.438. The molecule has 0 bridgehead atoms. The zero-order valence-corrected chi connectivity index (χ0v) is 17.0. The Balaban J connectivity index is 1.74. The Hall–Kier alpha value is -2.27. The van der Waals surface area contributed by atoms with Gasteiger partial charge in [-0.1, -0.05) is 24.6 Å². The minimum absolute atomic E-state index is 0.357. The van der Waals surface area contributed by atoms with Gasteiger partial charge in [-0.15, -0.1) is 0 Å². The third-order valence-electron chi connectivity index (χ3n) is 5.42. The first-order valence-electron chi connectivity index (χ1n) is 9.39. The van der Waals surface area contributed by atoms with Gasteiger partial charge >= 0.3 is 0 Å². The largest absolute Gasteiger partial charge is 0.461 e. The monoisotopic (exact) mass is 383 g/mol. The molecule has 0 amide bonds. The molecule has 1 heterocycles. The van der Waals surface area contributed by atoms with E-state index in [1.165, 1.54) is 5.56 Å². The molecule has 1 aliphatic rings. The van der Waals surface area contributed by atoms with Crippen molar-refractivity contribution in [3.05, 3.63) is 58.3 Å². The summed E-state index contributed by atoms with van der Waals surface area (Å²) in [6.07, 6.45) is 3.07. The predicted molar refractivity (Wildman–Crippen MR) is 109 cm³/mol. The van der Waals surface area contributed by atoms with Crippen molar-refractivity contribution >= 4 is 26.7 Å². The maximum Gasteiger partial charge on any atom is 0.262 e. The highest BCUT2D eigenvalue weighted by Gasteiger charge is 2.24. The van der Waals surface area contributed by atoms with Gasteiger partial charge in [0.05, 0.1) is 4.90 Å². The molecule has 1 atom stereocenters. The van der Waals surface area contributed by atoms with E-state index in [1.54, 1.807) is 6.07 Å². The molecule has 4 rings (SSSR count). The summed E-state index contributed by atoms with van der Waals surface area (Å²) in [6.45, 7) is 7.90. The standard InChI is InChI=1S/C22H25NO3S/c1-13-5-7-20-18(11-13)19-12-17(6-8-21(19)26-20)23-27(24,25)22-15(3)9-14(2)10-16(22)4/h6,8-10,12-13,23H,5,7,11H2,1-4H3/t13-/m0/s1. The van der Waals surface area contributed by atoms with Crippen molar-refractivity contribution in [2.24, 2.45) is 5.92 Å². The van der Waals surface area contributed by atoms with Crippen LogP contribution in [0, 0.1) is 26.7 Å². The first-order valence-corrected chi connectivity index (χ1v) is 10.9. The summed E-state index contributed by atoms with van der Waals surface area (Å²) in [5.74, 6) is 1.67. The van der Waals surface area contributed by atoms with Crippen molar-refractivity contribution in [3.8, 4) is 0 Å². The van der Waals surface area contributed by atoms with Crippen LogP contribution in [0.15, 0.2) is 39.6 Å². The molecule has 0 saturated heterocycles. The maximum atomic E-state index is 13.0. The second kappa shape index (κ2) is 6.41. The summed E-state index contributed by atoms with van der Waals surface area (Å²) in [5, 5.41) is 1.02. The summed E-state index contributed by atoms with van der Waals surface area (Å²) in [5.41, 5.74) is 5.21. The molecule has 0 fully saturated rings. The number of sulfonamides is 1. The van der Waals surface area contributed by atoms with Gasteiger partial charge in [0.15, 0.2) is 0 Å². The molecule has 0 aliphatic heterocycles. The van der Waals surface area contributed by atoms with Crippen molar-refractivity contribution in [2.45, 2.75) is 51.9 Å². The molecular weight excluding hydrogens is 358 g/mol. The van der Waals surface area contributed by atoms with Crippen LogP contribution < -0.4 is 4.72 Å². The second-order valence-corrected chi connectivity index (χ2v) is 9.52. The van der Waals surface area contributed by atoms with E-state index in [4.69, 9.17) is 4.42 Å². The Kier molecular flexibility index (Phi) is 4.30. The molecule has 4 nitrogen and oxygen atoms in total. The van der Waals surface area contributed by atoms with Crippen LogP contribution in [-0.2, 0) is 22.9 Å². The number of hydrogen-bond donors (Lipinski definition) is 1. The van der Waals surface area contributed by atoms with E-state index in [0.29, 0.717) is 16.5 Å². The number of furan rings is 1. The van der Waals surface area contributed by atoms with Crippen molar-refractivity contribution in [1.29, 1.82) is 0 Å². The van der Waals surface area contributed by atoms with Crippen LogP contribution in [-0.4, -0.2) is 8.42 Å². The van der Waals surface area contributed by atoms with Crippen LogP contribution in [0.2, 0.25) is 0 Å². The lowest BCUT2D eigenvalue weighted by atomic mass is 9.88. The molecule has 0 saturated carbocycles. The SMILES string of the molecule is Cc1cc(C)c(S(=O)(=O)Nc2ccc3oc4c(c3c2)C[C@@H](C)CC4)c(C)c1. The van der Waals surface area contributed by atoms with Gasteiger partial charge in [-0.2, -0.15) is 0 Å². The lowest BCUT2D eigenvalue weighted by Crippen LogP contribution is -2.16. The molecule has 2 aromatic carbocycles. The summed E-state index contributed by atoms with van der Waals surface area (Å²) in [7, 11) is -3.66. The maximum absolute atomic E-state index is 13.0. The third-order valence-corrected chi connectivity index (χ3v) is 7.10. The smallest absolute Gasteiger partial charge is 0.262 e. The molecule has 142 valence electrons. The minimum Gasteiger partial charge on any atom is -0.461 e. The molecule has 1 N–H and O–H groups in total. The molecular formula is C22H25NO3S. The fraction of sp³-hybridized carbons (Fsp3) is 0.364. The zero-order valence-electron chi connectivity index (χ0n) is 16.2. The van der Waals surface area contributed by atoms with Gasteiger partial charge in [0, 0.05) is 23.1 Å². The third kappa shape index (κ3) is 3.25. The van der Waals surface area contributed by atoms with E-state index < -0.39 is 10.0 Å². The average molecular weight is 384 g/mol. The molecule has 1 aromatic heterocycles. The molecule has 5 heteroatoms. The van der Waals surface area contributed by atoms with E-state index in [9.17, 15) is 8.42 Å². The Morgan fingerprint density at radius 3 is 2.48 bits per heavy atom. The topological polar surface area (TPSA) is 59.3 Å². The van der Waals surface area contributed by atoms with Gasteiger partial charge in [-0.3, -0.25) is 4.72 Å². The Bertz CT molecular complexity index is 1120. The van der Waals surface area contributed by atoms with Gasteiger partial charge in [0.25, 0.3) is 10.0 Å². The van der Waals surface area contributed by atoms with Crippen molar-refractivity contribution in [3.63, 3.8) is 0 Å². The fourth-order valence-electron chi connectivity index (χ4n) is 4.31. The van der Waals surface area contributed by atoms with Crippen LogP contribution in [0.25, 0.3) is 11.0 Å². The van der Waals surface area contributed by atoms with Crippen LogP contribution in [0.5, 0.6) is 0 Å². The van der Waals surface area contributed by atoms with Gasteiger partial charge in [0.1, 0.15) is 11.3 Å². The van der Waals surface area contributed by atoms with Crippen molar-refractivity contribution in [2.75, 3.05) is 4.72 Å². The fourth-order valence-corrected chi connectivity index (χ4v) is 5.82. The van der Waals surface area contributed by atoms with Crippen molar-refractivity contribution < 1.29 is 12.8 Å². The van der Waals surface area contributed by atoms with Crippen LogP contribution in [0.1, 0.15) is 41.4 Å². The molecule has 0 spiro atoms. The first-order chi connectivity index (χ1) is 12.7. The normalized spacial score (nSPS) is 17.1. The average Bonchev–Trinajstić information content (AvgIpc) is 2.90. The van der Waals surface area contributed by atoms with Gasteiger partial charge in [-0.25, -0.2) is 8.42 Å². The zero-order chi connectivity index (χ0) is 19.3. The Labute approximate surface area is 160 Å². The first kappa shape index (κ1) is 18.1. The number of nitrogens with one attached hydrogen (secondary N) is 1. The Morgan fingerprint density at radius 2 is 1.78 bits per heavy atom. The van der Waals surface area contributed by atoms with Gasteiger partial charge < -0.3 is 4.42 Å².